The minimum atomic E-state index is 0.834. The highest BCUT2D eigenvalue weighted by Gasteiger charge is 2.41. The van der Waals surface area contributed by atoms with Gasteiger partial charge in [0.2, 0.25) is 0 Å². The Balaban J connectivity index is 1.64. The van der Waals surface area contributed by atoms with Crippen molar-refractivity contribution < 1.29 is 0 Å². The van der Waals surface area contributed by atoms with Crippen LogP contribution in [0.5, 0.6) is 0 Å². The zero-order chi connectivity index (χ0) is 13.9. The van der Waals surface area contributed by atoms with Crippen LogP contribution in [-0.4, -0.2) is 29.3 Å². The van der Waals surface area contributed by atoms with Crippen molar-refractivity contribution in [3.8, 4) is 0 Å². The normalized spacial score (nSPS) is 18.4. The van der Waals surface area contributed by atoms with Crippen molar-refractivity contribution in [2.24, 2.45) is 17.8 Å². The van der Waals surface area contributed by atoms with Gasteiger partial charge in [0.15, 0.2) is 5.16 Å². The van der Waals surface area contributed by atoms with E-state index in [4.69, 9.17) is 0 Å². The molecule has 0 unspecified atom stereocenters. The smallest absolute Gasteiger partial charge is 0.191 e. The first-order valence-electron chi connectivity index (χ1n) is 7.71. The second kappa shape index (κ2) is 6.20. The molecule has 0 saturated heterocycles. The molecule has 1 aromatic rings. The van der Waals surface area contributed by atoms with E-state index in [1.54, 1.807) is 11.8 Å². The highest BCUT2D eigenvalue weighted by Crippen LogP contribution is 2.49. The number of hydrogen-bond donors (Lipinski definition) is 2. The van der Waals surface area contributed by atoms with Crippen molar-refractivity contribution >= 4 is 23.4 Å². The van der Waals surface area contributed by atoms with Crippen LogP contribution < -0.4 is 10.6 Å². The fourth-order valence-electron chi connectivity index (χ4n) is 2.87. The van der Waals surface area contributed by atoms with Gasteiger partial charge in [-0.05, 0) is 56.6 Å². The molecule has 20 heavy (non-hydrogen) atoms. The number of aromatic nitrogens is 2. The molecule has 2 aliphatic carbocycles. The summed E-state index contributed by atoms with van der Waals surface area (Å²) in [5.74, 6) is 4.70. The molecule has 2 aliphatic rings. The van der Waals surface area contributed by atoms with E-state index in [1.165, 1.54) is 25.7 Å². The van der Waals surface area contributed by atoms with E-state index >= 15 is 0 Å². The third kappa shape index (κ3) is 3.57. The summed E-state index contributed by atoms with van der Waals surface area (Å²) in [6.45, 7) is 4.05. The van der Waals surface area contributed by atoms with E-state index in [0.29, 0.717) is 0 Å². The zero-order valence-electron chi connectivity index (χ0n) is 12.4. The van der Waals surface area contributed by atoms with Crippen LogP contribution >= 0.6 is 11.8 Å². The molecule has 2 fully saturated rings. The number of thioether (sulfide) groups is 1. The first kappa shape index (κ1) is 14.0. The Kier molecular flexibility index (Phi) is 4.34. The summed E-state index contributed by atoms with van der Waals surface area (Å²) in [6, 6.07) is 2.03. The molecule has 4 nitrogen and oxygen atoms in total. The summed E-state index contributed by atoms with van der Waals surface area (Å²) >= 11 is 1.59. The highest BCUT2D eigenvalue weighted by molar-refractivity contribution is 7.98. The van der Waals surface area contributed by atoms with E-state index < -0.39 is 0 Å². The Morgan fingerprint density at radius 2 is 1.75 bits per heavy atom. The summed E-state index contributed by atoms with van der Waals surface area (Å²) in [7, 11) is 0. The fourth-order valence-corrected chi connectivity index (χ4v) is 3.25. The van der Waals surface area contributed by atoms with Crippen LogP contribution in [0.3, 0.4) is 0 Å². The number of rotatable bonds is 8. The van der Waals surface area contributed by atoms with Crippen molar-refractivity contribution in [2.75, 3.05) is 30.0 Å². The first-order valence-corrected chi connectivity index (χ1v) is 8.93. The third-order valence-corrected chi connectivity index (χ3v) is 4.77. The van der Waals surface area contributed by atoms with Crippen LogP contribution in [0.4, 0.5) is 11.6 Å². The lowest BCUT2D eigenvalue weighted by atomic mass is 9.98. The third-order valence-electron chi connectivity index (χ3n) is 4.22. The van der Waals surface area contributed by atoms with E-state index in [2.05, 4.69) is 27.5 Å². The lowest BCUT2D eigenvalue weighted by Gasteiger charge is -2.17. The number of hydrogen-bond acceptors (Lipinski definition) is 5. The standard InChI is InChI=1S/C15H24N4S/c1-3-16-13-8-14(19-15(18-13)20-2)17-9-12(10-4-5-10)11-6-7-11/h8,10-12H,3-7,9H2,1-2H3,(H2,16,17,18,19). The number of nitrogens with one attached hydrogen (secondary N) is 2. The van der Waals surface area contributed by atoms with Gasteiger partial charge < -0.3 is 10.6 Å². The predicted octanol–water partition coefficient (Wildman–Crippen LogP) is 3.48. The van der Waals surface area contributed by atoms with Crippen LogP contribution in [0.25, 0.3) is 0 Å². The molecule has 0 radical (unpaired) electrons. The minimum Gasteiger partial charge on any atom is -0.370 e. The first-order chi connectivity index (χ1) is 9.80. The van der Waals surface area contributed by atoms with Crippen molar-refractivity contribution in [3.63, 3.8) is 0 Å². The molecule has 5 heteroatoms. The molecule has 2 N–H and O–H groups in total. The fraction of sp³-hybridized carbons (Fsp3) is 0.733. The van der Waals surface area contributed by atoms with E-state index in [9.17, 15) is 0 Å². The zero-order valence-corrected chi connectivity index (χ0v) is 13.2. The van der Waals surface area contributed by atoms with Gasteiger partial charge in [0.1, 0.15) is 11.6 Å². The topological polar surface area (TPSA) is 49.8 Å². The van der Waals surface area contributed by atoms with E-state index in [1.807, 2.05) is 12.3 Å². The number of anilines is 2. The Morgan fingerprint density at radius 3 is 2.25 bits per heavy atom. The van der Waals surface area contributed by atoms with E-state index in [0.717, 1.165) is 47.6 Å². The van der Waals surface area contributed by atoms with Crippen LogP contribution in [0.2, 0.25) is 0 Å². The second-order valence-electron chi connectivity index (χ2n) is 5.88. The molecule has 1 aromatic heterocycles. The minimum absolute atomic E-state index is 0.834. The quantitative estimate of drug-likeness (QED) is 0.567. The molecule has 2 saturated carbocycles. The molecule has 0 atom stereocenters. The van der Waals surface area contributed by atoms with Gasteiger partial charge in [-0.3, -0.25) is 0 Å². The average molecular weight is 292 g/mol. The van der Waals surface area contributed by atoms with Gasteiger partial charge >= 0.3 is 0 Å². The Morgan fingerprint density at radius 1 is 1.15 bits per heavy atom. The lowest BCUT2D eigenvalue weighted by molar-refractivity contribution is 0.427. The molecule has 0 bridgehead atoms. The lowest BCUT2D eigenvalue weighted by Crippen LogP contribution is -2.19. The summed E-state index contributed by atoms with van der Waals surface area (Å²) in [4.78, 5) is 9.03. The summed E-state index contributed by atoms with van der Waals surface area (Å²) in [5.41, 5.74) is 0. The van der Waals surface area contributed by atoms with E-state index in [-0.39, 0.29) is 0 Å². The highest BCUT2D eigenvalue weighted by atomic mass is 32.2. The summed E-state index contributed by atoms with van der Waals surface area (Å²) in [6.07, 6.45) is 7.76. The molecule has 3 rings (SSSR count). The maximum atomic E-state index is 4.57. The van der Waals surface area contributed by atoms with Gasteiger partial charge in [-0.25, -0.2) is 9.97 Å². The SMILES string of the molecule is CCNc1cc(NCC(C2CC2)C2CC2)nc(SC)n1. The van der Waals surface area contributed by atoms with Gasteiger partial charge in [-0.15, -0.1) is 0 Å². The van der Waals surface area contributed by atoms with Gasteiger partial charge in [-0.1, -0.05) is 11.8 Å². The maximum absolute atomic E-state index is 4.57. The van der Waals surface area contributed by atoms with Crippen LogP contribution in [0.15, 0.2) is 11.2 Å². The Hall–Kier alpha value is -0.970. The van der Waals surface area contributed by atoms with Crippen molar-refractivity contribution in [1.29, 1.82) is 0 Å². The largest absolute Gasteiger partial charge is 0.370 e. The molecular formula is C15H24N4S. The molecule has 0 amide bonds. The molecule has 110 valence electrons. The molecule has 0 aliphatic heterocycles. The van der Waals surface area contributed by atoms with Gasteiger partial charge in [0, 0.05) is 19.2 Å². The molecule has 0 spiro atoms. The molecular weight excluding hydrogens is 268 g/mol. The van der Waals surface area contributed by atoms with Gasteiger partial charge in [0.25, 0.3) is 0 Å². The van der Waals surface area contributed by atoms with Gasteiger partial charge in [-0.2, -0.15) is 0 Å². The van der Waals surface area contributed by atoms with Crippen LogP contribution in [0, 0.1) is 17.8 Å². The van der Waals surface area contributed by atoms with Crippen molar-refractivity contribution in [3.05, 3.63) is 6.07 Å². The Bertz CT molecular complexity index is 445. The van der Waals surface area contributed by atoms with Crippen molar-refractivity contribution in [1.82, 2.24) is 9.97 Å². The van der Waals surface area contributed by atoms with Crippen LogP contribution in [0.1, 0.15) is 32.6 Å². The molecule has 0 aromatic carbocycles. The number of nitrogens with zero attached hydrogens (tertiary/aromatic N) is 2. The summed E-state index contributed by atoms with van der Waals surface area (Å²) in [5, 5.41) is 7.67. The van der Waals surface area contributed by atoms with Crippen molar-refractivity contribution in [2.45, 2.75) is 37.8 Å². The average Bonchev–Trinajstić information content (AvgIpc) is 3.32. The monoisotopic (exact) mass is 292 g/mol. The van der Waals surface area contributed by atoms with Gasteiger partial charge in [0.05, 0.1) is 0 Å². The Labute approximate surface area is 125 Å². The maximum Gasteiger partial charge on any atom is 0.191 e. The molecule has 1 heterocycles. The van der Waals surface area contributed by atoms with Crippen LogP contribution in [-0.2, 0) is 0 Å². The second-order valence-corrected chi connectivity index (χ2v) is 6.65. The predicted molar refractivity (Wildman–Crippen MR) is 85.4 cm³/mol. The summed E-state index contributed by atoms with van der Waals surface area (Å²) < 4.78 is 0.